The first-order chi connectivity index (χ1) is 12.7. The summed E-state index contributed by atoms with van der Waals surface area (Å²) in [6.45, 7) is 5.21. The van der Waals surface area contributed by atoms with Crippen molar-refractivity contribution in [3.05, 3.63) is 60.4 Å². The monoisotopic (exact) mass is 352 g/mol. The molecule has 26 heavy (non-hydrogen) atoms. The summed E-state index contributed by atoms with van der Waals surface area (Å²) in [4.78, 5) is 23.1. The molecule has 0 bridgehead atoms. The minimum Gasteiger partial charge on any atom is -0.368 e. The Morgan fingerprint density at radius 2 is 1.69 bits per heavy atom. The van der Waals surface area contributed by atoms with Crippen molar-refractivity contribution < 1.29 is 4.79 Å². The highest BCUT2D eigenvalue weighted by molar-refractivity contribution is 5.76. The third-order valence-electron chi connectivity index (χ3n) is 4.99. The molecule has 0 spiro atoms. The van der Waals surface area contributed by atoms with Crippen LogP contribution in [0.4, 0.5) is 5.69 Å². The lowest BCUT2D eigenvalue weighted by molar-refractivity contribution is -0.131. The Labute approximate surface area is 156 Å². The first-order valence-electron chi connectivity index (χ1n) is 9.37. The quantitative estimate of drug-likeness (QED) is 0.767. The zero-order valence-electron chi connectivity index (χ0n) is 15.6. The molecule has 5 heteroatoms. The highest BCUT2D eigenvalue weighted by atomic mass is 16.2. The maximum absolute atomic E-state index is 12.5. The van der Waals surface area contributed by atoms with Crippen LogP contribution in [0.15, 0.2) is 54.9 Å². The summed E-state index contributed by atoms with van der Waals surface area (Å²) in [6, 6.07) is 14.5. The minimum atomic E-state index is 0.272. The molecule has 138 valence electrons. The average molecular weight is 352 g/mol. The van der Waals surface area contributed by atoms with Gasteiger partial charge < -0.3 is 14.7 Å². The molecule has 0 atom stereocenters. The van der Waals surface area contributed by atoms with Crippen molar-refractivity contribution in [2.24, 2.45) is 0 Å². The van der Waals surface area contributed by atoms with Gasteiger partial charge in [-0.05, 0) is 43.3 Å². The Kier molecular flexibility index (Phi) is 6.61. The first-order valence-corrected chi connectivity index (χ1v) is 9.37. The summed E-state index contributed by atoms with van der Waals surface area (Å²) in [5.41, 5.74) is 2.53. The summed E-state index contributed by atoms with van der Waals surface area (Å²) in [6.07, 6.45) is 5.24. The number of rotatable bonds is 7. The normalized spacial score (nSPS) is 14.7. The van der Waals surface area contributed by atoms with Gasteiger partial charge in [0.25, 0.3) is 0 Å². The molecule has 0 saturated carbocycles. The van der Waals surface area contributed by atoms with E-state index in [4.69, 9.17) is 0 Å². The van der Waals surface area contributed by atoms with Crippen molar-refractivity contribution in [2.75, 3.05) is 51.2 Å². The topological polar surface area (TPSA) is 39.7 Å². The summed E-state index contributed by atoms with van der Waals surface area (Å²) < 4.78 is 0. The van der Waals surface area contributed by atoms with E-state index in [1.807, 2.05) is 35.5 Å². The Morgan fingerprint density at radius 1 is 1.00 bits per heavy atom. The molecular formula is C21H28N4O. The Hall–Kier alpha value is -2.40. The maximum Gasteiger partial charge on any atom is 0.223 e. The number of carbonyl (C=O) groups excluding carboxylic acids is 1. The predicted molar refractivity (Wildman–Crippen MR) is 105 cm³/mol. The van der Waals surface area contributed by atoms with Crippen LogP contribution in [0.25, 0.3) is 0 Å². The average Bonchev–Trinajstić information content (AvgIpc) is 2.72. The number of piperazine rings is 1. The smallest absolute Gasteiger partial charge is 0.223 e. The molecule has 1 saturated heterocycles. The Bertz CT molecular complexity index is 669. The van der Waals surface area contributed by atoms with Crippen LogP contribution in [0.3, 0.4) is 0 Å². The van der Waals surface area contributed by atoms with Gasteiger partial charge in [0.15, 0.2) is 0 Å². The van der Waals surface area contributed by atoms with E-state index in [1.54, 1.807) is 0 Å². The highest BCUT2D eigenvalue weighted by Gasteiger charge is 2.21. The molecule has 2 heterocycles. The van der Waals surface area contributed by atoms with Crippen molar-refractivity contribution in [2.45, 2.75) is 12.8 Å². The summed E-state index contributed by atoms with van der Waals surface area (Å²) in [5.74, 6) is 0.272. The number of hydrogen-bond donors (Lipinski definition) is 0. The molecule has 1 aliphatic heterocycles. The van der Waals surface area contributed by atoms with Crippen molar-refractivity contribution >= 4 is 11.6 Å². The zero-order chi connectivity index (χ0) is 18.2. The minimum absolute atomic E-state index is 0.272. The van der Waals surface area contributed by atoms with Crippen LogP contribution in [-0.4, -0.2) is 67.0 Å². The number of likely N-dealkylation sites (N-methyl/N-ethyl adjacent to an activating group) is 1. The second-order valence-corrected chi connectivity index (χ2v) is 6.86. The number of hydrogen-bond acceptors (Lipinski definition) is 4. The van der Waals surface area contributed by atoms with Gasteiger partial charge in [0.05, 0.1) is 0 Å². The lowest BCUT2D eigenvalue weighted by Crippen LogP contribution is -2.49. The molecule has 0 N–H and O–H groups in total. The van der Waals surface area contributed by atoms with Crippen molar-refractivity contribution in [1.82, 2.24) is 14.8 Å². The van der Waals surface area contributed by atoms with Crippen LogP contribution < -0.4 is 4.90 Å². The van der Waals surface area contributed by atoms with Crippen molar-refractivity contribution in [1.29, 1.82) is 0 Å². The van der Waals surface area contributed by atoms with E-state index in [-0.39, 0.29) is 5.91 Å². The van der Waals surface area contributed by atoms with Crippen molar-refractivity contribution in [3.8, 4) is 0 Å². The number of pyridine rings is 1. The number of nitrogens with zero attached hydrogens (tertiary/aromatic N) is 4. The van der Waals surface area contributed by atoms with Gasteiger partial charge >= 0.3 is 0 Å². The van der Waals surface area contributed by atoms with Crippen LogP contribution in [-0.2, 0) is 11.2 Å². The van der Waals surface area contributed by atoms with E-state index in [0.717, 1.165) is 45.7 Å². The van der Waals surface area contributed by atoms with Crippen LogP contribution >= 0.6 is 0 Å². The number of benzene rings is 1. The molecule has 1 aromatic heterocycles. The number of amides is 1. The number of carbonyl (C=O) groups is 1. The molecule has 1 fully saturated rings. The third kappa shape index (κ3) is 5.30. The van der Waals surface area contributed by atoms with Gasteiger partial charge in [-0.3, -0.25) is 9.78 Å². The van der Waals surface area contributed by atoms with Gasteiger partial charge in [0.1, 0.15) is 0 Å². The number of anilines is 1. The Balaban J connectivity index is 1.36. The molecule has 0 unspecified atom stereocenters. The molecule has 3 rings (SSSR count). The fraction of sp³-hybridized carbons (Fsp3) is 0.429. The summed E-state index contributed by atoms with van der Waals surface area (Å²) in [7, 11) is 2.09. The third-order valence-corrected chi connectivity index (χ3v) is 4.99. The molecule has 0 radical (unpaired) electrons. The summed E-state index contributed by atoms with van der Waals surface area (Å²) >= 11 is 0. The maximum atomic E-state index is 12.5. The molecular weight excluding hydrogens is 324 g/mol. The van der Waals surface area contributed by atoms with Gasteiger partial charge in [-0.1, -0.05) is 18.2 Å². The van der Waals surface area contributed by atoms with Gasteiger partial charge in [-0.25, -0.2) is 0 Å². The van der Waals surface area contributed by atoms with E-state index in [0.29, 0.717) is 6.42 Å². The second kappa shape index (κ2) is 9.34. The van der Waals surface area contributed by atoms with E-state index in [9.17, 15) is 4.79 Å². The number of para-hydroxylation sites is 1. The van der Waals surface area contributed by atoms with Crippen LogP contribution in [0.2, 0.25) is 0 Å². The van der Waals surface area contributed by atoms with E-state index in [1.165, 1.54) is 11.3 Å². The predicted octanol–water partition coefficient (Wildman–Crippen LogP) is 2.29. The Morgan fingerprint density at radius 3 is 2.38 bits per heavy atom. The summed E-state index contributed by atoms with van der Waals surface area (Å²) in [5, 5.41) is 0. The molecule has 2 aromatic rings. The van der Waals surface area contributed by atoms with E-state index < -0.39 is 0 Å². The lowest BCUT2D eigenvalue weighted by atomic mass is 10.2. The molecule has 1 aliphatic rings. The molecule has 0 aliphatic carbocycles. The van der Waals surface area contributed by atoms with Crippen LogP contribution in [0.5, 0.6) is 0 Å². The number of aromatic nitrogens is 1. The largest absolute Gasteiger partial charge is 0.368 e. The molecule has 1 aromatic carbocycles. The van der Waals surface area contributed by atoms with Gasteiger partial charge in [0, 0.05) is 63.8 Å². The fourth-order valence-electron chi connectivity index (χ4n) is 3.28. The van der Waals surface area contributed by atoms with Gasteiger partial charge in [-0.2, -0.15) is 0 Å². The molecule has 1 amide bonds. The van der Waals surface area contributed by atoms with Gasteiger partial charge in [0.2, 0.25) is 5.91 Å². The second-order valence-electron chi connectivity index (χ2n) is 6.86. The van der Waals surface area contributed by atoms with Crippen LogP contribution in [0.1, 0.15) is 12.0 Å². The van der Waals surface area contributed by atoms with Crippen molar-refractivity contribution in [3.63, 3.8) is 0 Å². The first kappa shape index (κ1) is 18.4. The molecule has 5 nitrogen and oxygen atoms in total. The SMILES string of the molecule is CN(CCC(=O)N1CCN(c2ccccc2)CC1)CCc1ccncc1. The zero-order valence-corrected chi connectivity index (χ0v) is 15.6. The van der Waals surface area contributed by atoms with Gasteiger partial charge in [-0.15, -0.1) is 0 Å². The van der Waals surface area contributed by atoms with E-state index >= 15 is 0 Å². The lowest BCUT2D eigenvalue weighted by Gasteiger charge is -2.36. The van der Waals surface area contributed by atoms with Crippen LogP contribution in [0, 0.1) is 0 Å². The fourth-order valence-corrected chi connectivity index (χ4v) is 3.28. The standard InChI is InChI=1S/C21H28N4O/c1-23(13-9-19-7-11-22-12-8-19)14-10-21(26)25-17-15-24(16-18-25)20-5-3-2-4-6-20/h2-8,11-12H,9-10,13-18H2,1H3. The van der Waals surface area contributed by atoms with E-state index in [2.05, 4.69) is 46.1 Å². The highest BCUT2D eigenvalue weighted by Crippen LogP contribution is 2.15.